The molecule has 0 radical (unpaired) electrons. The number of phosphoric acid groups is 1. The van der Waals surface area contributed by atoms with E-state index in [2.05, 4.69) is 20.4 Å². The van der Waals surface area contributed by atoms with E-state index >= 15 is 0 Å². The van der Waals surface area contributed by atoms with Crippen LogP contribution in [0.2, 0.25) is 0 Å². The van der Waals surface area contributed by atoms with E-state index in [-0.39, 0.29) is 6.61 Å². The molecule has 1 unspecified atom stereocenters. The Bertz CT molecular complexity index is 407. The second-order valence-corrected chi connectivity index (χ2v) is 8.36. The number of unbranched alkanes of at least 4 members (excludes halogenated alkanes) is 8. The molecule has 6 nitrogen and oxygen atoms in total. The number of hydrogen-bond donors (Lipinski definition) is 0. The van der Waals surface area contributed by atoms with Crippen LogP contribution in [-0.4, -0.2) is 31.9 Å². The summed E-state index contributed by atoms with van der Waals surface area (Å²) in [6.07, 6.45) is 11.2. The molecule has 0 aliphatic heterocycles. The van der Waals surface area contributed by atoms with Gasteiger partial charge in [0.1, 0.15) is 6.10 Å². The number of rotatable bonds is 19. The molecular weight excluding hydrogens is 367 g/mol. The van der Waals surface area contributed by atoms with E-state index in [0.717, 1.165) is 44.6 Å². The Morgan fingerprint density at radius 3 is 1.81 bits per heavy atom. The zero-order chi connectivity index (χ0) is 20.4. The van der Waals surface area contributed by atoms with Gasteiger partial charge in [0.25, 0.3) is 0 Å². The second-order valence-electron chi connectivity index (χ2n) is 6.69. The Hall–Kier alpha value is -0.680. The van der Waals surface area contributed by atoms with Gasteiger partial charge in [-0.15, -0.1) is 0 Å². The van der Waals surface area contributed by atoms with Gasteiger partial charge in [0.15, 0.2) is 0 Å². The first kappa shape index (κ1) is 26.3. The summed E-state index contributed by atoms with van der Waals surface area (Å²) in [6, 6.07) is 0. The fraction of sp³-hybridized carbons (Fsp3) is 0.850. The van der Waals surface area contributed by atoms with Crippen LogP contribution in [0.3, 0.4) is 0 Å². The van der Waals surface area contributed by atoms with Crippen LogP contribution in [0.4, 0.5) is 0 Å². The molecule has 0 rings (SSSR count). The molecule has 0 amide bonds. The standard InChI is InChI=1S/C20H39O6P/c1-5-8-10-12-14-16-23-27(22,24-17-15-13-11-9-6-2)25-18-19(4)26-20(21)7-3/h7,19H,3,5-6,8-18H2,1-2,4H3. The molecule has 0 aromatic carbocycles. The van der Waals surface area contributed by atoms with Crippen molar-refractivity contribution in [3.05, 3.63) is 12.7 Å². The molecule has 0 saturated heterocycles. The van der Waals surface area contributed by atoms with Gasteiger partial charge in [-0.25, -0.2) is 9.36 Å². The molecule has 0 N–H and O–H groups in total. The van der Waals surface area contributed by atoms with Crippen LogP contribution in [0, 0.1) is 0 Å². The molecule has 0 fully saturated rings. The highest BCUT2D eigenvalue weighted by Crippen LogP contribution is 2.50. The van der Waals surface area contributed by atoms with Crippen LogP contribution in [0.15, 0.2) is 12.7 Å². The number of carbonyl (C=O) groups is 1. The molecule has 27 heavy (non-hydrogen) atoms. The van der Waals surface area contributed by atoms with Gasteiger partial charge < -0.3 is 4.74 Å². The van der Waals surface area contributed by atoms with Gasteiger partial charge in [-0.1, -0.05) is 71.8 Å². The minimum absolute atomic E-state index is 0.0530. The normalized spacial score (nSPS) is 12.7. The summed E-state index contributed by atoms with van der Waals surface area (Å²) >= 11 is 0. The lowest BCUT2D eigenvalue weighted by molar-refractivity contribution is -0.143. The maximum Gasteiger partial charge on any atom is 0.474 e. The summed E-state index contributed by atoms with van der Waals surface area (Å²) in [4.78, 5) is 11.2. The summed E-state index contributed by atoms with van der Waals surface area (Å²) in [7, 11) is -3.65. The summed E-state index contributed by atoms with van der Waals surface area (Å²) in [6.45, 7) is 9.93. The molecule has 160 valence electrons. The molecule has 0 heterocycles. The Labute approximate surface area is 165 Å². The molecule has 0 spiro atoms. The van der Waals surface area contributed by atoms with E-state index in [1.807, 2.05) is 0 Å². The van der Waals surface area contributed by atoms with Crippen LogP contribution in [0.25, 0.3) is 0 Å². The molecule has 0 bridgehead atoms. The third kappa shape index (κ3) is 16.0. The van der Waals surface area contributed by atoms with Crippen molar-refractivity contribution in [1.82, 2.24) is 0 Å². The Kier molecular flexibility index (Phi) is 17.0. The van der Waals surface area contributed by atoms with E-state index in [1.54, 1.807) is 6.92 Å². The highest BCUT2D eigenvalue weighted by atomic mass is 31.2. The molecule has 0 saturated carbocycles. The smallest absolute Gasteiger partial charge is 0.457 e. The van der Waals surface area contributed by atoms with Gasteiger partial charge in [0, 0.05) is 6.08 Å². The van der Waals surface area contributed by atoms with E-state index in [0.29, 0.717) is 13.2 Å². The van der Waals surface area contributed by atoms with Crippen molar-refractivity contribution in [2.24, 2.45) is 0 Å². The van der Waals surface area contributed by atoms with Gasteiger partial charge in [-0.3, -0.25) is 13.6 Å². The SMILES string of the molecule is C=CC(=O)OC(C)COP(=O)(OCCCCCCC)OCCCCCCC. The molecule has 0 aromatic heterocycles. The topological polar surface area (TPSA) is 71.1 Å². The van der Waals surface area contributed by atoms with Crippen molar-refractivity contribution in [3.8, 4) is 0 Å². The Balaban J connectivity index is 4.34. The molecule has 7 heteroatoms. The van der Waals surface area contributed by atoms with Crippen LogP contribution in [0.5, 0.6) is 0 Å². The van der Waals surface area contributed by atoms with Crippen molar-refractivity contribution < 1.29 is 27.7 Å². The molecular formula is C20H39O6P. The monoisotopic (exact) mass is 406 g/mol. The predicted molar refractivity (Wildman–Crippen MR) is 109 cm³/mol. The average Bonchev–Trinajstić information content (AvgIpc) is 2.66. The number of ether oxygens (including phenoxy) is 1. The van der Waals surface area contributed by atoms with E-state index in [4.69, 9.17) is 18.3 Å². The lowest BCUT2D eigenvalue weighted by atomic mass is 10.2. The average molecular weight is 407 g/mol. The van der Waals surface area contributed by atoms with E-state index < -0.39 is 19.9 Å². The summed E-state index contributed by atoms with van der Waals surface area (Å²) in [5, 5.41) is 0. The summed E-state index contributed by atoms with van der Waals surface area (Å²) < 4.78 is 34.2. The van der Waals surface area contributed by atoms with Gasteiger partial charge >= 0.3 is 13.8 Å². The number of phosphoric ester groups is 1. The third-order valence-electron chi connectivity index (χ3n) is 3.95. The van der Waals surface area contributed by atoms with Crippen LogP contribution in [0.1, 0.15) is 85.0 Å². The van der Waals surface area contributed by atoms with Crippen molar-refractivity contribution in [1.29, 1.82) is 0 Å². The maximum absolute atomic E-state index is 12.8. The van der Waals surface area contributed by atoms with Crippen LogP contribution >= 0.6 is 7.82 Å². The third-order valence-corrected chi connectivity index (χ3v) is 5.41. The quantitative estimate of drug-likeness (QED) is 0.110. The van der Waals surface area contributed by atoms with Crippen molar-refractivity contribution in [2.75, 3.05) is 19.8 Å². The first-order chi connectivity index (χ1) is 13.0. The Morgan fingerprint density at radius 2 is 1.37 bits per heavy atom. The highest BCUT2D eigenvalue weighted by Gasteiger charge is 2.27. The molecule has 0 aromatic rings. The largest absolute Gasteiger partial charge is 0.474 e. The van der Waals surface area contributed by atoms with E-state index in [1.165, 1.54) is 25.7 Å². The fourth-order valence-corrected chi connectivity index (χ4v) is 3.67. The van der Waals surface area contributed by atoms with Crippen molar-refractivity contribution >= 4 is 13.8 Å². The summed E-state index contributed by atoms with van der Waals surface area (Å²) in [5.74, 6) is -0.547. The van der Waals surface area contributed by atoms with Crippen molar-refractivity contribution in [3.63, 3.8) is 0 Å². The molecule has 1 atom stereocenters. The first-order valence-corrected chi connectivity index (χ1v) is 11.8. The number of carbonyl (C=O) groups excluding carboxylic acids is 1. The Morgan fingerprint density at radius 1 is 0.889 bits per heavy atom. The lowest BCUT2D eigenvalue weighted by Gasteiger charge is -2.20. The predicted octanol–water partition coefficient (Wildman–Crippen LogP) is 6.20. The first-order valence-electron chi connectivity index (χ1n) is 10.3. The van der Waals surface area contributed by atoms with Gasteiger partial charge in [0.2, 0.25) is 0 Å². The van der Waals surface area contributed by atoms with Gasteiger partial charge in [-0.2, -0.15) is 0 Å². The zero-order valence-corrected chi connectivity index (χ0v) is 18.3. The zero-order valence-electron chi connectivity index (χ0n) is 17.5. The lowest BCUT2D eigenvalue weighted by Crippen LogP contribution is -2.19. The minimum Gasteiger partial charge on any atom is -0.457 e. The van der Waals surface area contributed by atoms with Crippen LogP contribution in [-0.2, 0) is 27.7 Å². The fourth-order valence-electron chi connectivity index (χ4n) is 2.35. The maximum atomic E-state index is 12.8. The highest BCUT2D eigenvalue weighted by molar-refractivity contribution is 7.48. The summed E-state index contributed by atoms with van der Waals surface area (Å²) in [5.41, 5.74) is 0. The van der Waals surface area contributed by atoms with E-state index in [9.17, 15) is 9.36 Å². The molecule has 0 aliphatic carbocycles. The van der Waals surface area contributed by atoms with Crippen LogP contribution < -0.4 is 0 Å². The second kappa shape index (κ2) is 17.4. The minimum atomic E-state index is -3.65. The van der Waals surface area contributed by atoms with Crippen molar-refractivity contribution in [2.45, 2.75) is 91.1 Å². The number of esters is 1. The van der Waals surface area contributed by atoms with Gasteiger partial charge in [-0.05, 0) is 19.8 Å². The molecule has 0 aliphatic rings. The van der Waals surface area contributed by atoms with Gasteiger partial charge in [0.05, 0.1) is 19.8 Å². The number of hydrogen-bond acceptors (Lipinski definition) is 6.